The van der Waals surface area contributed by atoms with Gasteiger partial charge in [0.25, 0.3) is 5.91 Å². The number of amides is 1. The standard InChI is InChI=1S/C14H20N4O3/c1-4-11-13(10(2)21-16-11)14(20)18(7-8-19)9-12-15-5-6-17(12)3/h5-6,19H,4,7-9H2,1-3H3. The summed E-state index contributed by atoms with van der Waals surface area (Å²) in [4.78, 5) is 18.5. The third-order valence-electron chi connectivity index (χ3n) is 3.39. The molecule has 0 aliphatic heterocycles. The number of hydrogen-bond acceptors (Lipinski definition) is 5. The van der Waals surface area contributed by atoms with E-state index in [0.29, 0.717) is 30.0 Å². The van der Waals surface area contributed by atoms with Crippen LogP contribution in [-0.2, 0) is 20.0 Å². The lowest BCUT2D eigenvalue weighted by Gasteiger charge is -2.21. The van der Waals surface area contributed by atoms with E-state index in [4.69, 9.17) is 4.52 Å². The molecule has 0 saturated carbocycles. The minimum Gasteiger partial charge on any atom is -0.395 e. The number of nitrogens with zero attached hydrogens (tertiary/aromatic N) is 4. The monoisotopic (exact) mass is 292 g/mol. The molecule has 7 heteroatoms. The smallest absolute Gasteiger partial charge is 0.259 e. The summed E-state index contributed by atoms with van der Waals surface area (Å²) in [5.74, 6) is 1.06. The maximum atomic E-state index is 12.7. The van der Waals surface area contributed by atoms with Gasteiger partial charge in [-0.15, -0.1) is 0 Å². The molecular formula is C14H20N4O3. The van der Waals surface area contributed by atoms with Crippen LogP contribution in [0.2, 0.25) is 0 Å². The van der Waals surface area contributed by atoms with Crippen LogP contribution in [0.4, 0.5) is 0 Å². The Hall–Kier alpha value is -2.15. The van der Waals surface area contributed by atoms with Gasteiger partial charge in [0.05, 0.1) is 18.8 Å². The summed E-state index contributed by atoms with van der Waals surface area (Å²) >= 11 is 0. The Kier molecular flexibility index (Phi) is 4.74. The van der Waals surface area contributed by atoms with Crippen LogP contribution in [0.25, 0.3) is 0 Å². The van der Waals surface area contributed by atoms with Crippen molar-refractivity contribution in [1.82, 2.24) is 19.6 Å². The average Bonchev–Trinajstić information content (AvgIpc) is 3.04. The normalized spacial score (nSPS) is 10.9. The van der Waals surface area contributed by atoms with E-state index in [0.717, 1.165) is 5.82 Å². The Labute approximate surface area is 123 Å². The number of aromatic nitrogens is 3. The molecule has 0 bridgehead atoms. The Morgan fingerprint density at radius 3 is 2.86 bits per heavy atom. The van der Waals surface area contributed by atoms with Crippen molar-refractivity contribution in [3.05, 3.63) is 35.2 Å². The van der Waals surface area contributed by atoms with Gasteiger partial charge in [0.2, 0.25) is 0 Å². The summed E-state index contributed by atoms with van der Waals surface area (Å²) in [6.07, 6.45) is 4.12. The number of aryl methyl sites for hydroxylation is 3. The molecule has 0 aliphatic carbocycles. The van der Waals surface area contributed by atoms with Gasteiger partial charge in [-0.05, 0) is 13.3 Å². The molecule has 0 aromatic carbocycles. The van der Waals surface area contributed by atoms with E-state index in [1.54, 1.807) is 18.0 Å². The molecule has 2 rings (SSSR count). The molecule has 21 heavy (non-hydrogen) atoms. The van der Waals surface area contributed by atoms with Gasteiger partial charge in [0.15, 0.2) is 0 Å². The minimum atomic E-state index is -0.192. The van der Waals surface area contributed by atoms with Gasteiger partial charge in [-0.2, -0.15) is 0 Å². The van der Waals surface area contributed by atoms with E-state index in [-0.39, 0.29) is 19.1 Å². The van der Waals surface area contributed by atoms with Crippen molar-refractivity contribution >= 4 is 5.91 Å². The molecule has 0 fully saturated rings. The molecule has 1 amide bonds. The quantitative estimate of drug-likeness (QED) is 0.855. The first kappa shape index (κ1) is 15.2. The fourth-order valence-electron chi connectivity index (χ4n) is 2.18. The van der Waals surface area contributed by atoms with Gasteiger partial charge in [-0.1, -0.05) is 12.1 Å². The molecule has 1 N–H and O–H groups in total. The van der Waals surface area contributed by atoms with Crippen LogP contribution < -0.4 is 0 Å². The fraction of sp³-hybridized carbons (Fsp3) is 0.500. The predicted molar refractivity (Wildman–Crippen MR) is 75.7 cm³/mol. The fourth-order valence-corrected chi connectivity index (χ4v) is 2.18. The lowest BCUT2D eigenvalue weighted by Crippen LogP contribution is -2.34. The summed E-state index contributed by atoms with van der Waals surface area (Å²) in [6.45, 7) is 4.10. The second kappa shape index (κ2) is 6.53. The van der Waals surface area contributed by atoms with Gasteiger partial charge in [-0.25, -0.2) is 4.98 Å². The third kappa shape index (κ3) is 3.13. The second-order valence-corrected chi connectivity index (χ2v) is 4.82. The van der Waals surface area contributed by atoms with E-state index >= 15 is 0 Å². The van der Waals surface area contributed by atoms with E-state index in [2.05, 4.69) is 10.1 Å². The molecule has 7 nitrogen and oxygen atoms in total. The number of carbonyl (C=O) groups is 1. The van der Waals surface area contributed by atoms with Crippen LogP contribution in [0, 0.1) is 6.92 Å². The van der Waals surface area contributed by atoms with Gasteiger partial charge in [0.1, 0.15) is 17.1 Å². The largest absolute Gasteiger partial charge is 0.395 e. The van der Waals surface area contributed by atoms with Crippen molar-refractivity contribution in [2.75, 3.05) is 13.2 Å². The number of aliphatic hydroxyl groups excluding tert-OH is 1. The molecule has 0 radical (unpaired) electrons. The molecule has 2 aromatic rings. The molecule has 0 saturated heterocycles. The van der Waals surface area contributed by atoms with Crippen LogP contribution in [0.5, 0.6) is 0 Å². The van der Waals surface area contributed by atoms with Crippen LogP contribution >= 0.6 is 0 Å². The van der Waals surface area contributed by atoms with Crippen LogP contribution in [0.3, 0.4) is 0 Å². The molecule has 0 aliphatic rings. The Morgan fingerprint density at radius 2 is 2.29 bits per heavy atom. The zero-order valence-corrected chi connectivity index (χ0v) is 12.5. The number of carbonyl (C=O) groups excluding carboxylic acids is 1. The van der Waals surface area contributed by atoms with Crippen molar-refractivity contribution in [1.29, 1.82) is 0 Å². The lowest BCUT2D eigenvalue weighted by atomic mass is 10.1. The summed E-state index contributed by atoms with van der Waals surface area (Å²) in [6, 6.07) is 0. The summed E-state index contributed by atoms with van der Waals surface area (Å²) in [5.41, 5.74) is 1.13. The third-order valence-corrected chi connectivity index (χ3v) is 3.39. The zero-order chi connectivity index (χ0) is 15.4. The van der Waals surface area contributed by atoms with Crippen molar-refractivity contribution in [3.63, 3.8) is 0 Å². The molecule has 114 valence electrons. The van der Waals surface area contributed by atoms with E-state index < -0.39 is 0 Å². The molecule has 2 aromatic heterocycles. The SMILES string of the molecule is CCc1noc(C)c1C(=O)N(CCO)Cc1nccn1C. The van der Waals surface area contributed by atoms with Crippen LogP contribution in [-0.4, -0.2) is 43.8 Å². The summed E-state index contributed by atoms with van der Waals surface area (Å²) < 4.78 is 6.96. The van der Waals surface area contributed by atoms with Crippen molar-refractivity contribution in [2.24, 2.45) is 7.05 Å². The van der Waals surface area contributed by atoms with Crippen molar-refractivity contribution in [3.8, 4) is 0 Å². The Morgan fingerprint density at radius 1 is 1.52 bits per heavy atom. The molecule has 0 unspecified atom stereocenters. The summed E-state index contributed by atoms with van der Waals surface area (Å²) in [7, 11) is 1.87. The second-order valence-electron chi connectivity index (χ2n) is 4.82. The highest BCUT2D eigenvalue weighted by Gasteiger charge is 2.25. The zero-order valence-electron chi connectivity index (χ0n) is 12.5. The van der Waals surface area contributed by atoms with Crippen molar-refractivity contribution < 1.29 is 14.4 Å². The molecule has 2 heterocycles. The first-order chi connectivity index (χ1) is 10.1. The predicted octanol–water partition coefficient (Wildman–Crippen LogP) is 0.914. The topological polar surface area (TPSA) is 84.4 Å². The highest BCUT2D eigenvalue weighted by atomic mass is 16.5. The highest BCUT2D eigenvalue weighted by molar-refractivity contribution is 5.96. The maximum absolute atomic E-state index is 12.7. The van der Waals surface area contributed by atoms with Crippen molar-refractivity contribution in [2.45, 2.75) is 26.8 Å². The van der Waals surface area contributed by atoms with Gasteiger partial charge >= 0.3 is 0 Å². The number of rotatable bonds is 6. The van der Waals surface area contributed by atoms with Gasteiger partial charge in [-0.3, -0.25) is 4.79 Å². The lowest BCUT2D eigenvalue weighted by molar-refractivity contribution is 0.0699. The average molecular weight is 292 g/mol. The number of imidazole rings is 1. The molecule has 0 atom stereocenters. The van der Waals surface area contributed by atoms with Crippen LogP contribution in [0.15, 0.2) is 16.9 Å². The Bertz CT molecular complexity index is 618. The van der Waals surface area contributed by atoms with E-state index in [1.807, 2.05) is 24.7 Å². The van der Waals surface area contributed by atoms with Gasteiger partial charge in [0, 0.05) is 26.0 Å². The minimum absolute atomic E-state index is 0.109. The highest BCUT2D eigenvalue weighted by Crippen LogP contribution is 2.17. The number of aliphatic hydroxyl groups is 1. The van der Waals surface area contributed by atoms with E-state index in [9.17, 15) is 9.90 Å². The first-order valence-corrected chi connectivity index (χ1v) is 6.90. The molecule has 0 spiro atoms. The van der Waals surface area contributed by atoms with Gasteiger partial charge < -0.3 is 19.1 Å². The van der Waals surface area contributed by atoms with E-state index in [1.165, 1.54) is 0 Å². The van der Waals surface area contributed by atoms with Crippen LogP contribution in [0.1, 0.15) is 34.6 Å². The maximum Gasteiger partial charge on any atom is 0.259 e. The Balaban J connectivity index is 2.27. The summed E-state index contributed by atoms with van der Waals surface area (Å²) in [5, 5.41) is 13.1. The number of hydrogen-bond donors (Lipinski definition) is 1. The molecular weight excluding hydrogens is 272 g/mol. The first-order valence-electron chi connectivity index (χ1n) is 6.90.